The summed E-state index contributed by atoms with van der Waals surface area (Å²) in [5.74, 6) is 0.851. The fourth-order valence-corrected chi connectivity index (χ4v) is 2.42. The Morgan fingerprint density at radius 3 is 2.12 bits per heavy atom. The average molecular weight is 218 g/mol. The molecule has 2 aliphatic carbocycles. The number of allylic oxidation sites excluding steroid dienone is 4. The van der Waals surface area contributed by atoms with E-state index < -0.39 is 0 Å². The molecule has 0 saturated heterocycles. The minimum Gasteiger partial charge on any atom is -0.103 e. The largest absolute Gasteiger partial charge is 0.103 e. The molecule has 0 spiro atoms. The van der Waals surface area contributed by atoms with Gasteiger partial charge in [0.1, 0.15) is 0 Å². The van der Waals surface area contributed by atoms with E-state index in [9.17, 15) is 0 Å². The summed E-state index contributed by atoms with van der Waals surface area (Å²) in [5, 5.41) is 0. The summed E-state index contributed by atoms with van der Waals surface area (Å²) in [6.07, 6.45) is 18.7. The number of hydrogen-bond donors (Lipinski definition) is 0. The predicted octanol–water partition coefficient (Wildman–Crippen LogP) is 5.43. The van der Waals surface area contributed by atoms with Gasteiger partial charge in [0.25, 0.3) is 0 Å². The van der Waals surface area contributed by atoms with Crippen molar-refractivity contribution in [3.8, 4) is 0 Å². The molecule has 0 N–H and O–H groups in total. The molecule has 0 unspecified atom stereocenters. The maximum atomic E-state index is 3.78. The Labute approximate surface area is 101 Å². The van der Waals surface area contributed by atoms with Gasteiger partial charge in [-0.2, -0.15) is 0 Å². The third kappa shape index (κ3) is 5.34. The van der Waals surface area contributed by atoms with E-state index in [4.69, 9.17) is 0 Å². The molecule has 0 aliphatic heterocycles. The molecule has 0 heterocycles. The molecule has 0 bridgehead atoms. The van der Waals surface area contributed by atoms with Gasteiger partial charge in [-0.05, 0) is 44.4 Å². The van der Waals surface area contributed by atoms with Gasteiger partial charge in [0, 0.05) is 0 Å². The minimum atomic E-state index is 0.851. The molecule has 1 saturated carbocycles. The van der Waals surface area contributed by atoms with Crippen LogP contribution in [0.2, 0.25) is 0 Å². The van der Waals surface area contributed by atoms with Crippen LogP contribution in [0.3, 0.4) is 0 Å². The van der Waals surface area contributed by atoms with E-state index in [-0.39, 0.29) is 0 Å². The molecule has 0 aromatic rings. The second-order valence-corrected chi connectivity index (χ2v) is 4.86. The highest BCUT2D eigenvalue weighted by Gasteiger charge is 2.07. The van der Waals surface area contributed by atoms with Gasteiger partial charge in [-0.15, -0.1) is 6.58 Å². The Morgan fingerprint density at radius 2 is 1.75 bits per heavy atom. The maximum Gasteiger partial charge on any atom is -0.0236 e. The Kier molecular flexibility index (Phi) is 6.96. The Hall–Kier alpha value is -0.780. The summed E-state index contributed by atoms with van der Waals surface area (Å²) < 4.78 is 0. The fraction of sp³-hybridized carbons (Fsp3) is 0.625. The summed E-state index contributed by atoms with van der Waals surface area (Å²) in [5.41, 5.74) is 1.44. The molecule has 0 aromatic heterocycles. The normalized spacial score (nSPS) is 21.4. The minimum absolute atomic E-state index is 0.851. The SMILES string of the molecule is C=CC1=CCCCC1.C=CC1CCCCC1. The van der Waals surface area contributed by atoms with E-state index in [1.165, 1.54) is 63.4 Å². The zero-order valence-corrected chi connectivity index (χ0v) is 10.6. The van der Waals surface area contributed by atoms with Gasteiger partial charge < -0.3 is 0 Å². The molecule has 0 nitrogen and oxygen atoms in total. The molecule has 0 atom stereocenters. The molecule has 1 fully saturated rings. The first-order valence-corrected chi connectivity index (χ1v) is 6.81. The second-order valence-electron chi connectivity index (χ2n) is 4.86. The summed E-state index contributed by atoms with van der Waals surface area (Å²) in [4.78, 5) is 0. The lowest BCUT2D eigenvalue weighted by molar-refractivity contribution is 0.420. The van der Waals surface area contributed by atoms with Crippen LogP contribution in [0.15, 0.2) is 37.0 Å². The van der Waals surface area contributed by atoms with Gasteiger partial charge in [-0.1, -0.05) is 49.6 Å². The van der Waals surface area contributed by atoms with Crippen LogP contribution in [0, 0.1) is 5.92 Å². The van der Waals surface area contributed by atoms with Gasteiger partial charge in [0.2, 0.25) is 0 Å². The van der Waals surface area contributed by atoms with Crippen LogP contribution in [-0.4, -0.2) is 0 Å². The molecule has 90 valence electrons. The van der Waals surface area contributed by atoms with Gasteiger partial charge in [0.05, 0.1) is 0 Å². The van der Waals surface area contributed by atoms with E-state index >= 15 is 0 Å². The van der Waals surface area contributed by atoms with Crippen LogP contribution in [0.5, 0.6) is 0 Å². The predicted molar refractivity (Wildman–Crippen MR) is 73.5 cm³/mol. The Morgan fingerprint density at radius 1 is 1.00 bits per heavy atom. The average Bonchev–Trinajstić information content (AvgIpc) is 2.41. The van der Waals surface area contributed by atoms with Crippen LogP contribution >= 0.6 is 0 Å². The van der Waals surface area contributed by atoms with E-state index in [1.807, 2.05) is 6.08 Å². The van der Waals surface area contributed by atoms with Crippen LogP contribution < -0.4 is 0 Å². The van der Waals surface area contributed by atoms with E-state index in [1.54, 1.807) is 0 Å². The van der Waals surface area contributed by atoms with Crippen molar-refractivity contribution in [2.24, 2.45) is 5.92 Å². The van der Waals surface area contributed by atoms with Crippen LogP contribution in [-0.2, 0) is 0 Å². The number of rotatable bonds is 2. The molecular formula is C16H26. The van der Waals surface area contributed by atoms with Crippen molar-refractivity contribution in [1.29, 1.82) is 0 Å². The van der Waals surface area contributed by atoms with Crippen molar-refractivity contribution < 1.29 is 0 Å². The van der Waals surface area contributed by atoms with Crippen molar-refractivity contribution in [3.05, 3.63) is 37.0 Å². The van der Waals surface area contributed by atoms with Crippen molar-refractivity contribution in [1.82, 2.24) is 0 Å². The second kappa shape index (κ2) is 8.38. The molecule has 0 radical (unpaired) electrons. The number of hydrogen-bond acceptors (Lipinski definition) is 0. The Bertz CT molecular complexity index is 228. The van der Waals surface area contributed by atoms with Crippen molar-refractivity contribution in [2.75, 3.05) is 0 Å². The molecule has 0 aromatic carbocycles. The highest BCUT2D eigenvalue weighted by Crippen LogP contribution is 2.23. The lowest BCUT2D eigenvalue weighted by Gasteiger charge is -2.16. The standard InChI is InChI=1S/C8H14.C8H12/c2*1-2-8-6-4-3-5-7-8/h2,8H,1,3-7H2;2,6H,1,3-5,7H2. The summed E-state index contributed by atoms with van der Waals surface area (Å²) in [7, 11) is 0. The third-order valence-electron chi connectivity index (χ3n) is 3.57. The van der Waals surface area contributed by atoms with Gasteiger partial charge >= 0.3 is 0 Å². The van der Waals surface area contributed by atoms with Crippen LogP contribution in [0.1, 0.15) is 57.8 Å². The first-order valence-electron chi connectivity index (χ1n) is 6.81. The maximum absolute atomic E-state index is 3.78. The molecule has 0 amide bonds. The summed E-state index contributed by atoms with van der Waals surface area (Å²) in [6.45, 7) is 7.50. The van der Waals surface area contributed by atoms with Crippen LogP contribution in [0.25, 0.3) is 0 Å². The molecule has 0 heteroatoms. The lowest BCUT2D eigenvalue weighted by Crippen LogP contribution is -2.01. The first-order chi connectivity index (χ1) is 7.86. The topological polar surface area (TPSA) is 0 Å². The van der Waals surface area contributed by atoms with Gasteiger partial charge in [-0.3, -0.25) is 0 Å². The smallest absolute Gasteiger partial charge is 0.0236 e. The van der Waals surface area contributed by atoms with Crippen molar-refractivity contribution in [2.45, 2.75) is 57.8 Å². The first kappa shape index (κ1) is 13.3. The lowest BCUT2D eigenvalue weighted by atomic mass is 9.90. The molecule has 16 heavy (non-hydrogen) atoms. The zero-order valence-electron chi connectivity index (χ0n) is 10.6. The molecule has 2 aliphatic rings. The van der Waals surface area contributed by atoms with E-state index in [2.05, 4.69) is 25.3 Å². The van der Waals surface area contributed by atoms with Crippen molar-refractivity contribution in [3.63, 3.8) is 0 Å². The van der Waals surface area contributed by atoms with Gasteiger partial charge in [-0.25, -0.2) is 0 Å². The van der Waals surface area contributed by atoms with Gasteiger partial charge in [0.15, 0.2) is 0 Å². The quantitative estimate of drug-likeness (QED) is 0.542. The monoisotopic (exact) mass is 218 g/mol. The fourth-order valence-electron chi connectivity index (χ4n) is 2.42. The highest BCUT2D eigenvalue weighted by atomic mass is 14.1. The molecule has 2 rings (SSSR count). The third-order valence-corrected chi connectivity index (χ3v) is 3.57. The highest BCUT2D eigenvalue weighted by molar-refractivity contribution is 5.17. The summed E-state index contributed by atoms with van der Waals surface area (Å²) in [6, 6.07) is 0. The zero-order chi connectivity index (χ0) is 11.6. The summed E-state index contributed by atoms with van der Waals surface area (Å²) >= 11 is 0. The molecular weight excluding hydrogens is 192 g/mol. The Balaban J connectivity index is 0.000000160. The van der Waals surface area contributed by atoms with Crippen LogP contribution in [0.4, 0.5) is 0 Å². The van der Waals surface area contributed by atoms with E-state index in [0.717, 1.165) is 5.92 Å². The van der Waals surface area contributed by atoms with E-state index in [0.29, 0.717) is 0 Å². The van der Waals surface area contributed by atoms with Crippen molar-refractivity contribution >= 4 is 0 Å².